The van der Waals surface area contributed by atoms with Crippen LogP contribution >= 0.6 is 15.9 Å². The van der Waals surface area contributed by atoms with E-state index >= 15 is 0 Å². The molecule has 1 rings (SSSR count). The Morgan fingerprint density at radius 2 is 2.11 bits per heavy atom. The molecule has 0 aliphatic rings. The SMILES string of the molecule is CCc1nn(C)c(CNCCCCCOC)c1Br. The monoisotopic (exact) mass is 317 g/mol. The molecule has 18 heavy (non-hydrogen) atoms. The van der Waals surface area contributed by atoms with E-state index in [0.717, 1.165) is 42.7 Å². The molecule has 1 aromatic heterocycles. The Morgan fingerprint density at radius 1 is 1.33 bits per heavy atom. The molecule has 0 fully saturated rings. The Balaban J connectivity index is 2.25. The van der Waals surface area contributed by atoms with Crippen molar-refractivity contribution >= 4 is 15.9 Å². The summed E-state index contributed by atoms with van der Waals surface area (Å²) in [5, 5.41) is 7.95. The highest BCUT2D eigenvalue weighted by atomic mass is 79.9. The number of hydrogen-bond donors (Lipinski definition) is 1. The van der Waals surface area contributed by atoms with E-state index in [9.17, 15) is 0 Å². The maximum atomic E-state index is 5.03. The van der Waals surface area contributed by atoms with Gasteiger partial charge in [0.2, 0.25) is 0 Å². The number of aryl methyl sites for hydroxylation is 2. The van der Waals surface area contributed by atoms with Gasteiger partial charge in [-0.05, 0) is 48.2 Å². The smallest absolute Gasteiger partial charge is 0.0767 e. The fourth-order valence-electron chi connectivity index (χ4n) is 1.89. The molecule has 0 amide bonds. The number of rotatable bonds is 9. The minimum absolute atomic E-state index is 0.868. The Hall–Kier alpha value is -0.390. The highest BCUT2D eigenvalue weighted by Gasteiger charge is 2.11. The summed E-state index contributed by atoms with van der Waals surface area (Å²) in [5.74, 6) is 0. The van der Waals surface area contributed by atoms with Crippen molar-refractivity contribution in [1.29, 1.82) is 0 Å². The maximum absolute atomic E-state index is 5.03. The second kappa shape index (κ2) is 8.67. The van der Waals surface area contributed by atoms with Gasteiger partial charge in [-0.25, -0.2) is 0 Å². The molecule has 1 aromatic rings. The fourth-order valence-corrected chi connectivity index (χ4v) is 2.65. The van der Waals surface area contributed by atoms with Crippen molar-refractivity contribution in [1.82, 2.24) is 15.1 Å². The van der Waals surface area contributed by atoms with Crippen LogP contribution in [0.2, 0.25) is 0 Å². The summed E-state index contributed by atoms with van der Waals surface area (Å²) >= 11 is 3.63. The molecule has 0 saturated heterocycles. The van der Waals surface area contributed by atoms with Crippen molar-refractivity contribution in [3.63, 3.8) is 0 Å². The Labute approximate surface area is 118 Å². The number of aromatic nitrogens is 2. The first-order chi connectivity index (χ1) is 8.70. The highest BCUT2D eigenvalue weighted by molar-refractivity contribution is 9.10. The lowest BCUT2D eigenvalue weighted by atomic mass is 10.2. The first kappa shape index (κ1) is 15.7. The predicted molar refractivity (Wildman–Crippen MR) is 77.7 cm³/mol. The quantitative estimate of drug-likeness (QED) is 0.712. The molecule has 0 aromatic carbocycles. The molecule has 0 saturated carbocycles. The van der Waals surface area contributed by atoms with E-state index < -0.39 is 0 Å². The lowest BCUT2D eigenvalue weighted by Crippen LogP contribution is -2.17. The Bertz CT molecular complexity index is 352. The van der Waals surface area contributed by atoms with Gasteiger partial charge >= 0.3 is 0 Å². The highest BCUT2D eigenvalue weighted by Crippen LogP contribution is 2.21. The molecule has 0 spiro atoms. The molecular weight excluding hydrogens is 294 g/mol. The van der Waals surface area contributed by atoms with Gasteiger partial charge in [0.15, 0.2) is 0 Å². The molecule has 104 valence electrons. The number of hydrogen-bond acceptors (Lipinski definition) is 3. The third-order valence-electron chi connectivity index (χ3n) is 3.00. The maximum Gasteiger partial charge on any atom is 0.0767 e. The van der Waals surface area contributed by atoms with Crippen LogP contribution in [0.5, 0.6) is 0 Å². The molecule has 5 heteroatoms. The topological polar surface area (TPSA) is 39.1 Å². The lowest BCUT2D eigenvalue weighted by molar-refractivity contribution is 0.192. The average molecular weight is 318 g/mol. The van der Waals surface area contributed by atoms with E-state index in [1.807, 2.05) is 11.7 Å². The summed E-state index contributed by atoms with van der Waals surface area (Å²) in [6.45, 7) is 4.91. The van der Waals surface area contributed by atoms with Crippen LogP contribution in [0.15, 0.2) is 4.47 Å². The lowest BCUT2D eigenvalue weighted by Gasteiger charge is -2.06. The van der Waals surface area contributed by atoms with Crippen LogP contribution in [0.25, 0.3) is 0 Å². The largest absolute Gasteiger partial charge is 0.385 e. The standard InChI is InChI=1S/C13H24BrN3O/c1-4-11-13(14)12(17(2)16-11)10-15-8-6-5-7-9-18-3/h15H,4-10H2,1-3H3. The number of unbranched alkanes of at least 4 members (excludes halogenated alkanes) is 2. The molecule has 0 bridgehead atoms. The number of nitrogens with one attached hydrogen (secondary N) is 1. The molecule has 0 aliphatic carbocycles. The van der Waals surface area contributed by atoms with E-state index in [4.69, 9.17) is 4.74 Å². The van der Waals surface area contributed by atoms with Gasteiger partial charge in [-0.1, -0.05) is 6.92 Å². The van der Waals surface area contributed by atoms with Crippen LogP contribution in [0.1, 0.15) is 37.6 Å². The number of nitrogens with zero attached hydrogens (tertiary/aromatic N) is 2. The van der Waals surface area contributed by atoms with Crippen molar-refractivity contribution in [2.75, 3.05) is 20.3 Å². The van der Waals surface area contributed by atoms with Gasteiger partial charge in [-0.15, -0.1) is 0 Å². The zero-order valence-corrected chi connectivity index (χ0v) is 13.2. The Kier molecular flexibility index (Phi) is 7.54. The second-order valence-corrected chi connectivity index (χ2v) is 5.21. The van der Waals surface area contributed by atoms with Crippen LogP contribution in [-0.4, -0.2) is 30.0 Å². The summed E-state index contributed by atoms with van der Waals surface area (Å²) < 4.78 is 8.14. The van der Waals surface area contributed by atoms with Gasteiger partial charge in [0.1, 0.15) is 0 Å². The number of halogens is 1. The molecule has 1 N–H and O–H groups in total. The van der Waals surface area contributed by atoms with Crippen molar-refractivity contribution < 1.29 is 4.74 Å². The molecule has 4 nitrogen and oxygen atoms in total. The van der Waals surface area contributed by atoms with Crippen LogP contribution in [-0.2, 0) is 24.8 Å². The number of ether oxygens (including phenoxy) is 1. The van der Waals surface area contributed by atoms with Gasteiger partial charge < -0.3 is 10.1 Å². The number of methoxy groups -OCH3 is 1. The molecular formula is C13H24BrN3O. The van der Waals surface area contributed by atoms with Crippen LogP contribution in [0.4, 0.5) is 0 Å². The minimum atomic E-state index is 0.868. The van der Waals surface area contributed by atoms with Crippen molar-refractivity contribution in [3.8, 4) is 0 Å². The van der Waals surface area contributed by atoms with Gasteiger partial charge in [-0.2, -0.15) is 5.10 Å². The third kappa shape index (κ3) is 4.71. The van der Waals surface area contributed by atoms with Crippen LogP contribution < -0.4 is 5.32 Å². The zero-order chi connectivity index (χ0) is 13.4. The molecule has 1 heterocycles. The predicted octanol–water partition coefficient (Wildman–Crippen LogP) is 2.65. The van der Waals surface area contributed by atoms with E-state index in [0.29, 0.717) is 0 Å². The summed E-state index contributed by atoms with van der Waals surface area (Å²) in [6, 6.07) is 0. The average Bonchev–Trinajstić information content (AvgIpc) is 2.64. The normalized spacial score (nSPS) is 11.1. The fraction of sp³-hybridized carbons (Fsp3) is 0.769. The summed E-state index contributed by atoms with van der Waals surface area (Å²) in [6.07, 6.45) is 4.52. The van der Waals surface area contributed by atoms with Gasteiger partial charge in [-0.3, -0.25) is 4.68 Å². The second-order valence-electron chi connectivity index (χ2n) is 4.41. The third-order valence-corrected chi connectivity index (χ3v) is 3.91. The van der Waals surface area contributed by atoms with E-state index in [1.165, 1.54) is 18.5 Å². The molecule has 0 radical (unpaired) electrons. The van der Waals surface area contributed by atoms with Gasteiger partial charge in [0.25, 0.3) is 0 Å². The van der Waals surface area contributed by atoms with Crippen molar-refractivity contribution in [2.45, 2.75) is 39.2 Å². The molecule has 0 unspecified atom stereocenters. The van der Waals surface area contributed by atoms with E-state index in [1.54, 1.807) is 7.11 Å². The zero-order valence-electron chi connectivity index (χ0n) is 11.6. The molecule has 0 aliphatic heterocycles. The summed E-state index contributed by atoms with van der Waals surface area (Å²) in [7, 11) is 3.75. The van der Waals surface area contributed by atoms with Gasteiger partial charge in [0.05, 0.1) is 15.9 Å². The van der Waals surface area contributed by atoms with Crippen molar-refractivity contribution in [3.05, 3.63) is 15.9 Å². The van der Waals surface area contributed by atoms with Crippen LogP contribution in [0.3, 0.4) is 0 Å². The van der Waals surface area contributed by atoms with Gasteiger partial charge in [0, 0.05) is 27.3 Å². The van der Waals surface area contributed by atoms with Crippen molar-refractivity contribution in [2.24, 2.45) is 7.05 Å². The first-order valence-corrected chi connectivity index (χ1v) is 7.39. The summed E-state index contributed by atoms with van der Waals surface area (Å²) in [4.78, 5) is 0. The first-order valence-electron chi connectivity index (χ1n) is 6.60. The summed E-state index contributed by atoms with van der Waals surface area (Å²) in [5.41, 5.74) is 2.36. The van der Waals surface area contributed by atoms with Crippen LogP contribution in [0, 0.1) is 0 Å². The Morgan fingerprint density at radius 3 is 2.72 bits per heavy atom. The molecule has 0 atom stereocenters. The van der Waals surface area contributed by atoms with E-state index in [2.05, 4.69) is 33.3 Å². The minimum Gasteiger partial charge on any atom is -0.385 e. The van der Waals surface area contributed by atoms with E-state index in [-0.39, 0.29) is 0 Å².